The van der Waals surface area contributed by atoms with Crippen LogP contribution in [0.15, 0.2) is 60.8 Å². The van der Waals surface area contributed by atoms with E-state index in [1.807, 2.05) is 36.5 Å². The number of hydrogen-bond acceptors (Lipinski definition) is 4. The minimum atomic E-state index is 0.0823. The van der Waals surface area contributed by atoms with Crippen LogP contribution in [0.3, 0.4) is 0 Å². The van der Waals surface area contributed by atoms with E-state index in [1.165, 1.54) is 5.56 Å². The number of piperidine rings is 1. The van der Waals surface area contributed by atoms with Crippen molar-refractivity contribution in [3.05, 3.63) is 66.4 Å². The van der Waals surface area contributed by atoms with Crippen molar-refractivity contribution >= 4 is 22.8 Å². The van der Waals surface area contributed by atoms with Crippen LogP contribution in [0, 0.1) is 5.92 Å². The van der Waals surface area contributed by atoms with E-state index in [9.17, 15) is 4.79 Å². The maximum atomic E-state index is 12.7. The first kappa shape index (κ1) is 19.4. The number of fused-ring (bicyclic) bond motifs is 1. The Labute approximate surface area is 172 Å². The van der Waals surface area contributed by atoms with Crippen LogP contribution in [0.5, 0.6) is 0 Å². The van der Waals surface area contributed by atoms with Crippen molar-refractivity contribution < 1.29 is 4.79 Å². The topological polar surface area (TPSA) is 58.1 Å². The summed E-state index contributed by atoms with van der Waals surface area (Å²) in [6, 6.07) is 18.5. The van der Waals surface area contributed by atoms with Crippen molar-refractivity contribution in [1.29, 1.82) is 0 Å². The molecular formula is C24H28N4O. The first-order valence-electron chi connectivity index (χ1n) is 10.5. The molecule has 0 radical (unpaired) electrons. The van der Waals surface area contributed by atoms with E-state index in [-0.39, 0.29) is 17.9 Å². The predicted molar refractivity (Wildman–Crippen MR) is 117 cm³/mol. The lowest BCUT2D eigenvalue weighted by Gasteiger charge is -2.32. The van der Waals surface area contributed by atoms with Gasteiger partial charge in [0.15, 0.2) is 0 Å². The summed E-state index contributed by atoms with van der Waals surface area (Å²) in [7, 11) is 0. The van der Waals surface area contributed by atoms with Crippen LogP contribution in [0.25, 0.3) is 11.0 Å². The second kappa shape index (κ2) is 9.03. The molecule has 150 valence electrons. The molecule has 1 atom stereocenters. The molecule has 1 unspecified atom stereocenters. The van der Waals surface area contributed by atoms with Crippen LogP contribution in [-0.2, 0) is 11.2 Å². The summed E-state index contributed by atoms with van der Waals surface area (Å²) >= 11 is 0. The van der Waals surface area contributed by atoms with Crippen molar-refractivity contribution in [1.82, 2.24) is 15.3 Å². The van der Waals surface area contributed by atoms with Crippen LogP contribution in [-0.4, -0.2) is 35.0 Å². The SMILES string of the molecule is CC(CCc1ccccc1)NC(=O)C1CCN(c2cnc3ccccc3n2)CC1. The average molecular weight is 389 g/mol. The highest BCUT2D eigenvalue weighted by Crippen LogP contribution is 2.23. The number of para-hydroxylation sites is 2. The van der Waals surface area contributed by atoms with Crippen molar-refractivity contribution in [3.63, 3.8) is 0 Å². The number of carbonyl (C=O) groups is 1. The Morgan fingerprint density at radius 3 is 2.52 bits per heavy atom. The van der Waals surface area contributed by atoms with Gasteiger partial charge in [-0.2, -0.15) is 0 Å². The van der Waals surface area contributed by atoms with Gasteiger partial charge in [-0.05, 0) is 50.3 Å². The van der Waals surface area contributed by atoms with E-state index in [0.29, 0.717) is 0 Å². The maximum Gasteiger partial charge on any atom is 0.223 e. The highest BCUT2D eigenvalue weighted by molar-refractivity contribution is 5.79. The standard InChI is InChI=1S/C24H28N4O/c1-18(11-12-19-7-3-2-4-8-19)26-24(29)20-13-15-28(16-14-20)23-17-25-21-9-5-6-10-22(21)27-23/h2-10,17-18,20H,11-16H2,1H3,(H,26,29). The van der Waals surface area contributed by atoms with Crippen LogP contribution in [0.1, 0.15) is 31.7 Å². The molecule has 1 N–H and O–H groups in total. The Hall–Kier alpha value is -2.95. The van der Waals surface area contributed by atoms with Crippen LogP contribution in [0.2, 0.25) is 0 Å². The summed E-state index contributed by atoms with van der Waals surface area (Å²) in [4.78, 5) is 24.2. The largest absolute Gasteiger partial charge is 0.355 e. The molecule has 1 aliphatic rings. The smallest absolute Gasteiger partial charge is 0.223 e. The first-order valence-corrected chi connectivity index (χ1v) is 10.5. The minimum Gasteiger partial charge on any atom is -0.355 e. The van der Waals surface area contributed by atoms with Crippen molar-refractivity contribution in [2.24, 2.45) is 5.92 Å². The van der Waals surface area contributed by atoms with E-state index < -0.39 is 0 Å². The van der Waals surface area contributed by atoms with Crippen LogP contribution in [0.4, 0.5) is 5.82 Å². The summed E-state index contributed by atoms with van der Waals surface area (Å²) in [5.74, 6) is 1.17. The van der Waals surface area contributed by atoms with E-state index >= 15 is 0 Å². The lowest BCUT2D eigenvalue weighted by Crippen LogP contribution is -2.43. The van der Waals surface area contributed by atoms with E-state index in [1.54, 1.807) is 0 Å². The highest BCUT2D eigenvalue weighted by Gasteiger charge is 2.26. The van der Waals surface area contributed by atoms with Gasteiger partial charge >= 0.3 is 0 Å². The molecule has 2 aromatic carbocycles. The fourth-order valence-corrected chi connectivity index (χ4v) is 3.93. The number of rotatable bonds is 6. The fourth-order valence-electron chi connectivity index (χ4n) is 3.93. The van der Waals surface area contributed by atoms with Gasteiger partial charge in [-0.3, -0.25) is 9.78 Å². The first-order chi connectivity index (χ1) is 14.2. The zero-order valence-corrected chi connectivity index (χ0v) is 16.9. The normalized spacial score (nSPS) is 16.0. The zero-order valence-electron chi connectivity index (χ0n) is 16.9. The lowest BCUT2D eigenvalue weighted by atomic mass is 9.95. The molecule has 1 saturated heterocycles. The van der Waals surface area contributed by atoms with Gasteiger partial charge in [-0.25, -0.2) is 4.98 Å². The molecule has 3 aromatic rings. The number of aryl methyl sites for hydroxylation is 1. The van der Waals surface area contributed by atoms with E-state index in [4.69, 9.17) is 4.98 Å². The molecule has 0 bridgehead atoms. The molecule has 4 rings (SSSR count). The molecule has 0 saturated carbocycles. The van der Waals surface area contributed by atoms with Gasteiger partial charge in [-0.1, -0.05) is 42.5 Å². The summed E-state index contributed by atoms with van der Waals surface area (Å²) in [5, 5.41) is 3.21. The Balaban J connectivity index is 1.26. The molecule has 1 aromatic heterocycles. The summed E-state index contributed by atoms with van der Waals surface area (Å²) in [5.41, 5.74) is 3.14. The van der Waals surface area contributed by atoms with Crippen LogP contribution >= 0.6 is 0 Å². The van der Waals surface area contributed by atoms with Crippen molar-refractivity contribution in [2.75, 3.05) is 18.0 Å². The molecule has 5 heteroatoms. The molecule has 1 aliphatic heterocycles. The highest BCUT2D eigenvalue weighted by atomic mass is 16.1. The molecule has 1 amide bonds. The Morgan fingerprint density at radius 2 is 1.76 bits per heavy atom. The maximum absolute atomic E-state index is 12.7. The van der Waals surface area contributed by atoms with Gasteiger partial charge < -0.3 is 10.2 Å². The molecule has 2 heterocycles. The third-order valence-electron chi connectivity index (χ3n) is 5.72. The van der Waals surface area contributed by atoms with E-state index in [0.717, 1.165) is 55.6 Å². The molecule has 0 spiro atoms. The molecule has 0 aliphatic carbocycles. The van der Waals surface area contributed by atoms with Gasteiger partial charge in [0.05, 0.1) is 17.2 Å². The number of benzene rings is 2. The number of amides is 1. The quantitative estimate of drug-likeness (QED) is 0.694. The van der Waals surface area contributed by atoms with Crippen molar-refractivity contribution in [3.8, 4) is 0 Å². The Kier molecular flexibility index (Phi) is 6.03. The fraction of sp³-hybridized carbons (Fsp3) is 0.375. The van der Waals surface area contributed by atoms with Gasteiger partial charge in [0.2, 0.25) is 5.91 Å². The zero-order chi connectivity index (χ0) is 20.1. The summed E-state index contributed by atoms with van der Waals surface area (Å²) in [6.07, 6.45) is 5.49. The van der Waals surface area contributed by atoms with Gasteiger partial charge in [-0.15, -0.1) is 0 Å². The predicted octanol–water partition coefficient (Wildman–Crippen LogP) is 3.98. The average Bonchev–Trinajstić information content (AvgIpc) is 2.78. The molecule has 29 heavy (non-hydrogen) atoms. The van der Waals surface area contributed by atoms with Crippen molar-refractivity contribution in [2.45, 2.75) is 38.6 Å². The second-order valence-corrected chi connectivity index (χ2v) is 7.91. The second-order valence-electron chi connectivity index (χ2n) is 7.91. The molecule has 5 nitrogen and oxygen atoms in total. The molecular weight excluding hydrogens is 360 g/mol. The van der Waals surface area contributed by atoms with Gasteiger partial charge in [0, 0.05) is 25.0 Å². The Morgan fingerprint density at radius 1 is 1.07 bits per heavy atom. The van der Waals surface area contributed by atoms with Crippen LogP contribution < -0.4 is 10.2 Å². The summed E-state index contributed by atoms with van der Waals surface area (Å²) in [6.45, 7) is 3.77. The van der Waals surface area contributed by atoms with E-state index in [2.05, 4.69) is 46.4 Å². The third-order valence-corrected chi connectivity index (χ3v) is 5.72. The number of anilines is 1. The number of nitrogens with one attached hydrogen (secondary N) is 1. The third kappa shape index (κ3) is 4.91. The Bertz CT molecular complexity index is 951. The summed E-state index contributed by atoms with van der Waals surface area (Å²) < 4.78 is 0. The minimum absolute atomic E-state index is 0.0823. The molecule has 1 fully saturated rings. The number of carbonyl (C=O) groups excluding carboxylic acids is 1. The number of aromatic nitrogens is 2. The lowest BCUT2D eigenvalue weighted by molar-refractivity contribution is -0.126. The number of hydrogen-bond donors (Lipinski definition) is 1. The monoisotopic (exact) mass is 388 g/mol. The van der Waals surface area contributed by atoms with Gasteiger partial charge in [0.1, 0.15) is 5.82 Å². The number of nitrogens with zero attached hydrogens (tertiary/aromatic N) is 3. The van der Waals surface area contributed by atoms with Gasteiger partial charge in [0.25, 0.3) is 0 Å².